The number of nitrogens with one attached hydrogen (secondary N) is 2. The van der Waals surface area contributed by atoms with Crippen LogP contribution in [0.2, 0.25) is 25.7 Å². The van der Waals surface area contributed by atoms with Crippen LogP contribution in [0.4, 0.5) is 5.00 Å². The van der Waals surface area contributed by atoms with Crippen LogP contribution in [0.1, 0.15) is 5.69 Å². The lowest BCUT2D eigenvalue weighted by molar-refractivity contribution is 0.0401. The van der Waals surface area contributed by atoms with Crippen LogP contribution in [-0.2, 0) is 4.74 Å². The monoisotopic (exact) mass is 509 g/mol. The van der Waals surface area contributed by atoms with Crippen LogP contribution in [0.15, 0.2) is 38.9 Å². The molecule has 0 bridgehead atoms. The zero-order valence-electron chi connectivity index (χ0n) is 17.7. The van der Waals surface area contributed by atoms with Crippen LogP contribution in [0, 0.1) is 12.8 Å². The van der Waals surface area contributed by atoms with E-state index in [0.29, 0.717) is 6.73 Å². The van der Waals surface area contributed by atoms with E-state index in [4.69, 9.17) is 4.74 Å². The number of rotatable bonds is 7. The van der Waals surface area contributed by atoms with Gasteiger partial charge in [0.05, 0.1) is 18.2 Å². The normalized spacial score (nSPS) is 23.2. The number of hydrogen-bond acceptors (Lipinski definition) is 9. The Balaban J connectivity index is 1.34. The third-order valence-corrected chi connectivity index (χ3v) is 7.89. The Morgan fingerprint density at radius 3 is 2.97 bits per heavy atom. The van der Waals surface area contributed by atoms with Gasteiger partial charge in [-0.05, 0) is 46.5 Å². The highest BCUT2D eigenvalue weighted by Gasteiger charge is 2.37. The van der Waals surface area contributed by atoms with Crippen LogP contribution >= 0.6 is 27.5 Å². The Morgan fingerprint density at radius 1 is 1.40 bits per heavy atom. The Labute approximate surface area is 191 Å². The summed E-state index contributed by atoms with van der Waals surface area (Å²) in [5, 5.41) is 14.4. The van der Waals surface area contributed by atoms with Crippen molar-refractivity contribution in [2.24, 2.45) is 16.0 Å². The fourth-order valence-corrected chi connectivity index (χ4v) is 5.23. The smallest absolute Gasteiger partial charge is 0.162 e. The molecule has 0 spiro atoms. The molecule has 2 unspecified atom stereocenters. The molecule has 4 heterocycles. The summed E-state index contributed by atoms with van der Waals surface area (Å²) in [6, 6.07) is 3.20. The molecule has 1 aromatic heterocycles. The summed E-state index contributed by atoms with van der Waals surface area (Å²) in [5.74, 6) is 1.03. The molecule has 0 amide bonds. The Morgan fingerprint density at radius 2 is 2.23 bits per heavy atom. The Hall–Kier alpha value is -1.69. The zero-order valence-corrected chi connectivity index (χ0v) is 21.1. The van der Waals surface area contributed by atoms with Crippen molar-refractivity contribution in [1.82, 2.24) is 19.6 Å². The molecule has 2 atom stereocenters. The summed E-state index contributed by atoms with van der Waals surface area (Å²) < 4.78 is 11.0. The van der Waals surface area contributed by atoms with E-state index >= 15 is 0 Å². The van der Waals surface area contributed by atoms with Crippen molar-refractivity contribution in [3.05, 3.63) is 34.5 Å². The van der Waals surface area contributed by atoms with Gasteiger partial charge in [0.2, 0.25) is 0 Å². The second-order valence-corrected chi connectivity index (χ2v) is 16.1. The van der Waals surface area contributed by atoms with Crippen LogP contribution in [0.25, 0.3) is 0 Å². The first-order valence-electron chi connectivity index (χ1n) is 10.1. The predicted octanol–water partition coefficient (Wildman–Crippen LogP) is 3.77. The molecule has 0 saturated heterocycles. The van der Waals surface area contributed by atoms with Gasteiger partial charge >= 0.3 is 0 Å². The standard InChI is InChI=1S/C19H28BrN7OSSi/c1-13-7-17(29-25-13)24-18-19-21-9-15(27(19)11-16(20)23-18)14-8-22-26(10-14)12-28-5-6-30(2,3)4/h7-9,11,14,19,21H,5-6,10,12H2,1-4H3,(H,23,24). The maximum atomic E-state index is 5.86. The molecule has 2 N–H and O–H groups in total. The number of hydrogen-bond donors (Lipinski definition) is 2. The molecule has 0 fully saturated rings. The van der Waals surface area contributed by atoms with Gasteiger partial charge in [0.15, 0.2) is 12.0 Å². The Bertz CT molecular complexity index is 907. The van der Waals surface area contributed by atoms with Crippen molar-refractivity contribution in [3.63, 3.8) is 0 Å². The van der Waals surface area contributed by atoms with Crippen LogP contribution in [0.5, 0.6) is 0 Å². The van der Waals surface area contributed by atoms with Gasteiger partial charge in [-0.2, -0.15) is 9.47 Å². The van der Waals surface area contributed by atoms with Crippen LogP contribution in [0.3, 0.4) is 0 Å². The maximum absolute atomic E-state index is 5.86. The number of ether oxygens (including phenoxy) is 1. The number of aryl methyl sites for hydroxylation is 1. The van der Waals surface area contributed by atoms with E-state index in [2.05, 4.69) is 71.8 Å². The third kappa shape index (κ3) is 5.13. The first kappa shape index (κ1) is 21.5. The molecule has 0 aromatic carbocycles. The number of fused-ring (bicyclic) bond motifs is 1. The van der Waals surface area contributed by atoms with Gasteiger partial charge in [-0.1, -0.05) is 19.6 Å². The molecule has 1 aromatic rings. The zero-order chi connectivity index (χ0) is 21.3. The molecule has 0 radical (unpaired) electrons. The van der Waals surface area contributed by atoms with Gasteiger partial charge in [0, 0.05) is 39.0 Å². The van der Waals surface area contributed by atoms with Gasteiger partial charge in [-0.3, -0.25) is 5.01 Å². The molecule has 11 heteroatoms. The number of hydrazone groups is 1. The lowest BCUT2D eigenvalue weighted by Crippen LogP contribution is -2.46. The quantitative estimate of drug-likeness (QED) is 0.331. The fourth-order valence-electron chi connectivity index (χ4n) is 3.39. The number of anilines is 1. The summed E-state index contributed by atoms with van der Waals surface area (Å²) in [5.41, 5.74) is 2.16. The van der Waals surface area contributed by atoms with Crippen molar-refractivity contribution in [2.75, 3.05) is 25.2 Å². The van der Waals surface area contributed by atoms with Gasteiger partial charge in [-0.25, -0.2) is 4.99 Å². The molecule has 3 aliphatic heterocycles. The summed E-state index contributed by atoms with van der Waals surface area (Å²) in [6.45, 7) is 11.2. The van der Waals surface area contributed by atoms with Gasteiger partial charge in [0.25, 0.3) is 0 Å². The van der Waals surface area contributed by atoms with E-state index in [1.165, 1.54) is 23.3 Å². The van der Waals surface area contributed by atoms with E-state index in [1.54, 1.807) is 0 Å². The number of aromatic nitrogens is 1. The van der Waals surface area contributed by atoms with Gasteiger partial charge in [-0.15, -0.1) is 0 Å². The Kier molecular flexibility index (Phi) is 6.33. The summed E-state index contributed by atoms with van der Waals surface area (Å²) in [7, 11) is -1.07. The molecular formula is C19H28BrN7OSSi. The van der Waals surface area contributed by atoms with Crippen molar-refractivity contribution < 1.29 is 4.74 Å². The number of amidine groups is 1. The summed E-state index contributed by atoms with van der Waals surface area (Å²) in [4.78, 5) is 6.85. The van der Waals surface area contributed by atoms with E-state index in [1.807, 2.05) is 30.4 Å². The van der Waals surface area contributed by atoms with E-state index in [0.717, 1.165) is 34.3 Å². The molecule has 4 rings (SSSR count). The van der Waals surface area contributed by atoms with Crippen molar-refractivity contribution in [3.8, 4) is 0 Å². The molecule has 8 nitrogen and oxygen atoms in total. The number of nitrogens with zero attached hydrogens (tertiary/aromatic N) is 5. The van der Waals surface area contributed by atoms with Crippen molar-refractivity contribution >= 4 is 52.6 Å². The third-order valence-electron chi connectivity index (χ3n) is 5.01. The topological polar surface area (TPSA) is 77.4 Å². The van der Waals surface area contributed by atoms with E-state index < -0.39 is 8.07 Å². The highest BCUT2D eigenvalue weighted by molar-refractivity contribution is 9.11. The van der Waals surface area contributed by atoms with Crippen molar-refractivity contribution in [1.29, 1.82) is 0 Å². The molecule has 162 valence electrons. The lowest BCUT2D eigenvalue weighted by Gasteiger charge is -2.31. The second-order valence-electron chi connectivity index (χ2n) is 8.86. The first-order chi connectivity index (χ1) is 14.3. The summed E-state index contributed by atoms with van der Waals surface area (Å²) in [6.07, 6.45) is 6.01. The van der Waals surface area contributed by atoms with Crippen molar-refractivity contribution in [2.45, 2.75) is 38.8 Å². The highest BCUT2D eigenvalue weighted by Crippen LogP contribution is 2.31. The largest absolute Gasteiger partial charge is 0.363 e. The fraction of sp³-hybridized carbons (Fsp3) is 0.526. The number of halogens is 1. The SMILES string of the molecule is Cc1cc(NC2=NC(Br)=CN3C(C4C=NN(COCC[Si](C)(C)C)C4)=CNC23)sn1. The minimum absolute atomic E-state index is 0.0702. The average molecular weight is 511 g/mol. The minimum atomic E-state index is -1.07. The number of aliphatic imine (C=N–C) groups is 1. The average Bonchev–Trinajstić information content (AvgIpc) is 3.37. The molecule has 30 heavy (non-hydrogen) atoms. The lowest BCUT2D eigenvalue weighted by atomic mass is 10.1. The van der Waals surface area contributed by atoms with E-state index in [9.17, 15) is 0 Å². The molecule has 3 aliphatic rings. The van der Waals surface area contributed by atoms with Crippen LogP contribution in [-0.4, -0.2) is 60.5 Å². The molecule has 0 aliphatic carbocycles. The predicted molar refractivity (Wildman–Crippen MR) is 129 cm³/mol. The van der Waals surface area contributed by atoms with Gasteiger partial charge < -0.3 is 20.3 Å². The van der Waals surface area contributed by atoms with Gasteiger partial charge in [0.1, 0.15) is 16.3 Å². The first-order valence-corrected chi connectivity index (χ1v) is 15.3. The van der Waals surface area contributed by atoms with E-state index in [-0.39, 0.29) is 12.1 Å². The summed E-state index contributed by atoms with van der Waals surface area (Å²) >= 11 is 4.99. The minimum Gasteiger partial charge on any atom is -0.363 e. The molecular weight excluding hydrogens is 482 g/mol. The van der Waals surface area contributed by atoms with Crippen LogP contribution < -0.4 is 10.6 Å². The highest BCUT2D eigenvalue weighted by atomic mass is 79.9. The maximum Gasteiger partial charge on any atom is 0.162 e. The second kappa shape index (κ2) is 8.81. The molecule has 0 saturated carbocycles.